The Bertz CT molecular complexity index is 3030. The van der Waals surface area contributed by atoms with Crippen molar-refractivity contribution < 1.29 is 13.2 Å². The molecule has 3 heteroatoms. The van der Waals surface area contributed by atoms with Gasteiger partial charge in [-0.3, -0.25) is 0 Å². The zero-order chi connectivity index (χ0) is 33.8. The number of halogens is 2. The highest BCUT2D eigenvalue weighted by Gasteiger charge is 2.22. The molecule has 0 N–H and O–H groups in total. The van der Waals surface area contributed by atoms with Crippen molar-refractivity contribution in [3.8, 4) is 22.3 Å². The fourth-order valence-electron chi connectivity index (χ4n) is 8.50. The summed E-state index contributed by atoms with van der Waals surface area (Å²) in [5.41, 5.74) is 5.69. The molecule has 238 valence electrons. The number of fused-ring (bicyclic) bond motifs is 15. The molecule has 0 spiro atoms. The maximum absolute atomic E-state index is 14.1. The Balaban J connectivity index is 1.39. The van der Waals surface area contributed by atoms with Crippen LogP contribution in [0.2, 0.25) is 0 Å². The van der Waals surface area contributed by atoms with Crippen LogP contribution < -0.4 is 0 Å². The van der Waals surface area contributed by atoms with Gasteiger partial charge in [-0.05, 0) is 125 Å². The molecule has 0 aliphatic heterocycles. The van der Waals surface area contributed by atoms with Crippen LogP contribution in [0.4, 0.5) is 8.78 Å². The predicted molar refractivity (Wildman–Crippen MR) is 210 cm³/mol. The molecule has 0 saturated carbocycles. The van der Waals surface area contributed by atoms with Gasteiger partial charge in [-0.2, -0.15) is 0 Å². The molecule has 0 bridgehead atoms. The van der Waals surface area contributed by atoms with E-state index in [4.69, 9.17) is 4.42 Å². The third-order valence-electron chi connectivity index (χ3n) is 10.7. The molecule has 1 heterocycles. The molecule has 11 aromatic rings. The van der Waals surface area contributed by atoms with Crippen LogP contribution in [0.15, 0.2) is 162 Å². The van der Waals surface area contributed by atoms with Crippen molar-refractivity contribution in [3.05, 3.63) is 169 Å². The molecule has 0 unspecified atom stereocenters. The quantitative estimate of drug-likeness (QED) is 0.169. The van der Waals surface area contributed by atoms with E-state index in [0.29, 0.717) is 0 Å². The summed E-state index contributed by atoms with van der Waals surface area (Å²) in [4.78, 5) is 0. The Morgan fingerprint density at radius 3 is 1.18 bits per heavy atom. The van der Waals surface area contributed by atoms with Crippen LogP contribution in [0.25, 0.3) is 109 Å². The minimum Gasteiger partial charge on any atom is -0.456 e. The molecule has 0 aliphatic rings. The van der Waals surface area contributed by atoms with Crippen molar-refractivity contribution in [1.82, 2.24) is 0 Å². The third kappa shape index (κ3) is 4.06. The highest BCUT2D eigenvalue weighted by Crippen LogP contribution is 2.48. The van der Waals surface area contributed by atoms with Gasteiger partial charge in [0.1, 0.15) is 22.8 Å². The molecule has 51 heavy (non-hydrogen) atoms. The SMILES string of the molecule is Fc1ccc(-c2cc3ccc4oc5ccc6cc(-c7ccc(F)cc7)c7ccc8ccccc8c7c6c5c4c3c3c2ccc2ccccc23)cc1. The maximum Gasteiger partial charge on any atom is 0.136 e. The van der Waals surface area contributed by atoms with Crippen LogP contribution in [-0.4, -0.2) is 0 Å². The first-order valence-electron chi connectivity index (χ1n) is 17.1. The molecule has 11 rings (SSSR count). The van der Waals surface area contributed by atoms with E-state index >= 15 is 0 Å². The van der Waals surface area contributed by atoms with Crippen LogP contribution in [0.5, 0.6) is 0 Å². The number of rotatable bonds is 2. The summed E-state index contributed by atoms with van der Waals surface area (Å²) < 4.78 is 35.0. The maximum atomic E-state index is 14.1. The van der Waals surface area contributed by atoms with E-state index in [-0.39, 0.29) is 11.6 Å². The lowest BCUT2D eigenvalue weighted by atomic mass is 9.86. The Hall–Kier alpha value is -6.58. The number of hydrogen-bond donors (Lipinski definition) is 0. The van der Waals surface area contributed by atoms with Crippen molar-refractivity contribution in [1.29, 1.82) is 0 Å². The fourth-order valence-corrected chi connectivity index (χ4v) is 8.50. The second-order valence-corrected chi connectivity index (χ2v) is 13.5. The number of furan rings is 1. The lowest BCUT2D eigenvalue weighted by Crippen LogP contribution is -1.89. The molecule has 0 radical (unpaired) electrons. The summed E-state index contributed by atoms with van der Waals surface area (Å²) >= 11 is 0. The Morgan fingerprint density at radius 2 is 0.725 bits per heavy atom. The zero-order valence-corrected chi connectivity index (χ0v) is 27.2. The fraction of sp³-hybridized carbons (Fsp3) is 0. The van der Waals surface area contributed by atoms with Gasteiger partial charge in [-0.25, -0.2) is 8.78 Å². The lowest BCUT2D eigenvalue weighted by Gasteiger charge is -2.16. The van der Waals surface area contributed by atoms with Crippen LogP contribution in [0, 0.1) is 11.6 Å². The van der Waals surface area contributed by atoms with Crippen LogP contribution in [-0.2, 0) is 0 Å². The van der Waals surface area contributed by atoms with Crippen molar-refractivity contribution in [2.45, 2.75) is 0 Å². The average Bonchev–Trinajstić information content (AvgIpc) is 3.56. The molecule has 1 aromatic heterocycles. The molecule has 0 amide bonds. The lowest BCUT2D eigenvalue weighted by molar-refractivity contribution is 0.627. The predicted octanol–water partition coefficient (Wildman–Crippen LogP) is 14.1. The standard InChI is InChI=1S/C48H26F2O/c49-33-17-9-29(10-18-33)39-25-31-15-23-41-47(43(31)45-35-7-3-1-5-27(35)13-21-37(39)45)48-42(51-41)24-16-32-26-40(30-11-19-34(50)20-12-30)38-22-14-28-6-2-4-8-36(28)46(38)44(32)48/h1-26H. The van der Waals surface area contributed by atoms with Gasteiger partial charge >= 0.3 is 0 Å². The van der Waals surface area contributed by atoms with Crippen molar-refractivity contribution >= 4 is 86.6 Å². The van der Waals surface area contributed by atoms with Gasteiger partial charge in [-0.15, -0.1) is 0 Å². The van der Waals surface area contributed by atoms with E-state index in [1.54, 1.807) is 0 Å². The smallest absolute Gasteiger partial charge is 0.136 e. The van der Waals surface area contributed by atoms with E-state index in [1.807, 2.05) is 24.3 Å². The molecule has 0 aliphatic carbocycles. The summed E-state index contributed by atoms with van der Waals surface area (Å²) in [5.74, 6) is -0.509. The monoisotopic (exact) mass is 656 g/mol. The Labute approximate surface area is 290 Å². The van der Waals surface area contributed by atoms with Gasteiger partial charge in [0.15, 0.2) is 0 Å². The summed E-state index contributed by atoms with van der Waals surface area (Å²) in [6, 6.07) is 52.3. The first-order valence-corrected chi connectivity index (χ1v) is 17.1. The second-order valence-electron chi connectivity index (χ2n) is 13.5. The van der Waals surface area contributed by atoms with Crippen molar-refractivity contribution in [2.75, 3.05) is 0 Å². The molecule has 0 fully saturated rings. The van der Waals surface area contributed by atoms with Crippen LogP contribution >= 0.6 is 0 Å². The van der Waals surface area contributed by atoms with Crippen LogP contribution in [0.1, 0.15) is 0 Å². The highest BCUT2D eigenvalue weighted by molar-refractivity contribution is 6.40. The Morgan fingerprint density at radius 1 is 0.314 bits per heavy atom. The first kappa shape index (κ1) is 28.3. The largest absolute Gasteiger partial charge is 0.456 e. The molecule has 10 aromatic carbocycles. The zero-order valence-electron chi connectivity index (χ0n) is 27.2. The first-order chi connectivity index (χ1) is 25.1. The van der Waals surface area contributed by atoms with E-state index in [2.05, 4.69) is 109 Å². The molecular weight excluding hydrogens is 631 g/mol. The number of benzene rings is 10. The van der Waals surface area contributed by atoms with E-state index < -0.39 is 0 Å². The van der Waals surface area contributed by atoms with Gasteiger partial charge in [0.05, 0.1) is 0 Å². The van der Waals surface area contributed by atoms with E-state index in [0.717, 1.165) is 109 Å². The minimum absolute atomic E-state index is 0.255. The van der Waals surface area contributed by atoms with Crippen LogP contribution in [0.3, 0.4) is 0 Å². The van der Waals surface area contributed by atoms with Crippen molar-refractivity contribution in [2.24, 2.45) is 0 Å². The Kier molecular flexibility index (Phi) is 5.80. The summed E-state index contributed by atoms with van der Waals surface area (Å²) in [7, 11) is 0. The summed E-state index contributed by atoms with van der Waals surface area (Å²) in [6.45, 7) is 0. The average molecular weight is 657 g/mol. The van der Waals surface area contributed by atoms with Gasteiger partial charge in [0, 0.05) is 21.5 Å². The highest BCUT2D eigenvalue weighted by atomic mass is 19.1. The summed E-state index contributed by atoms with van der Waals surface area (Å²) in [6.07, 6.45) is 0. The van der Waals surface area contributed by atoms with Gasteiger partial charge in [0.25, 0.3) is 0 Å². The van der Waals surface area contributed by atoms with Gasteiger partial charge < -0.3 is 4.42 Å². The second kappa shape index (κ2) is 10.5. The van der Waals surface area contributed by atoms with Gasteiger partial charge in [0.2, 0.25) is 0 Å². The third-order valence-corrected chi connectivity index (χ3v) is 10.7. The molecule has 1 nitrogen and oxygen atoms in total. The summed E-state index contributed by atoms with van der Waals surface area (Å²) in [5, 5.41) is 15.7. The molecular formula is C48H26F2O. The normalized spacial score (nSPS) is 12.1. The topological polar surface area (TPSA) is 13.1 Å². The van der Waals surface area contributed by atoms with Crippen molar-refractivity contribution in [3.63, 3.8) is 0 Å². The van der Waals surface area contributed by atoms with Gasteiger partial charge in [-0.1, -0.05) is 109 Å². The molecule has 0 saturated heterocycles. The minimum atomic E-state index is -0.255. The molecule has 0 atom stereocenters. The van der Waals surface area contributed by atoms with E-state index in [9.17, 15) is 8.78 Å². The number of hydrogen-bond acceptors (Lipinski definition) is 1. The van der Waals surface area contributed by atoms with E-state index in [1.165, 1.54) is 24.3 Å².